The lowest BCUT2D eigenvalue weighted by molar-refractivity contribution is 0.00578. The highest BCUT2D eigenvalue weighted by molar-refractivity contribution is 6.62. The fraction of sp³-hybridized carbons (Fsp3) is 0.444. The van der Waals surface area contributed by atoms with E-state index in [2.05, 4.69) is 6.58 Å². The van der Waals surface area contributed by atoms with Crippen LogP contribution in [0.3, 0.4) is 0 Å². The molecule has 1 unspecified atom stereocenters. The number of hydrogen-bond donors (Lipinski definition) is 1. The molecule has 2 aromatic carbocycles. The third-order valence-corrected chi connectivity index (χ3v) is 6.70. The maximum absolute atomic E-state index is 12.3. The molecule has 1 fully saturated rings. The van der Waals surface area contributed by atoms with Crippen molar-refractivity contribution in [1.29, 1.82) is 0 Å². The van der Waals surface area contributed by atoms with Crippen molar-refractivity contribution in [3.63, 3.8) is 0 Å². The highest BCUT2D eigenvalue weighted by Gasteiger charge is 2.51. The molecule has 3 rings (SSSR count). The average molecular weight is 465 g/mol. The van der Waals surface area contributed by atoms with Gasteiger partial charge in [0.05, 0.1) is 16.7 Å². The van der Waals surface area contributed by atoms with Crippen LogP contribution in [-0.2, 0) is 15.9 Å². The van der Waals surface area contributed by atoms with Gasteiger partial charge in [-0.2, -0.15) is 0 Å². The summed E-state index contributed by atoms with van der Waals surface area (Å²) in [7, 11) is -0.443. The monoisotopic (exact) mass is 465 g/mol. The Labute approximate surface area is 203 Å². The van der Waals surface area contributed by atoms with Crippen LogP contribution in [0.5, 0.6) is 5.75 Å². The molecule has 2 aromatic rings. The summed E-state index contributed by atoms with van der Waals surface area (Å²) in [4.78, 5) is 13.7. The fourth-order valence-electron chi connectivity index (χ4n) is 4.07. The van der Waals surface area contributed by atoms with Crippen LogP contribution in [0.2, 0.25) is 0 Å². The molecular weight excluding hydrogens is 429 g/mol. The van der Waals surface area contributed by atoms with Crippen molar-refractivity contribution in [3.05, 3.63) is 72.3 Å². The molecule has 1 atom stereocenters. The lowest BCUT2D eigenvalue weighted by Crippen LogP contribution is -2.52. The zero-order valence-electron chi connectivity index (χ0n) is 21.1. The van der Waals surface area contributed by atoms with Crippen molar-refractivity contribution >= 4 is 18.7 Å². The van der Waals surface area contributed by atoms with Crippen LogP contribution >= 0.6 is 0 Å². The first kappa shape index (κ1) is 25.9. The molecule has 0 spiro atoms. The summed E-state index contributed by atoms with van der Waals surface area (Å²) in [5, 5.41) is 10.0. The Morgan fingerprint density at radius 3 is 2.12 bits per heavy atom. The Morgan fingerprint density at radius 2 is 1.62 bits per heavy atom. The lowest BCUT2D eigenvalue weighted by Gasteiger charge is -2.39. The minimum absolute atomic E-state index is 0.189. The van der Waals surface area contributed by atoms with E-state index in [1.807, 2.05) is 96.1 Å². The molecule has 34 heavy (non-hydrogen) atoms. The minimum Gasteiger partial charge on any atom is -0.491 e. The van der Waals surface area contributed by atoms with E-state index in [-0.39, 0.29) is 13.2 Å². The number of amides is 1. The molecule has 7 heteroatoms. The average Bonchev–Trinajstić information content (AvgIpc) is 2.98. The first-order valence-electron chi connectivity index (χ1n) is 11.6. The van der Waals surface area contributed by atoms with Crippen LogP contribution in [0.15, 0.2) is 66.7 Å². The van der Waals surface area contributed by atoms with Crippen LogP contribution in [-0.4, -0.2) is 46.6 Å². The Morgan fingerprint density at radius 1 is 1.06 bits per heavy atom. The SMILES string of the molecule is C=C(C)CC(C)(COc1ccc(B2OC(C)(C)C(C)(C)O2)cc1)N(Cc1ccccc1)C(=O)O. The standard InChI is InChI=1S/C27H36BNO5/c1-20(2)17-27(7,29(24(30)31)18-21-11-9-8-10-12-21)19-32-23-15-13-22(14-16-23)28-33-25(3,4)26(5,6)34-28/h8-16H,1,17-19H2,2-7H3,(H,30,31). The molecule has 1 N–H and O–H groups in total. The summed E-state index contributed by atoms with van der Waals surface area (Å²) in [5.74, 6) is 0.651. The molecule has 1 aliphatic rings. The topological polar surface area (TPSA) is 68.2 Å². The Kier molecular flexibility index (Phi) is 7.48. The zero-order chi connectivity index (χ0) is 25.1. The van der Waals surface area contributed by atoms with Gasteiger partial charge in [0.1, 0.15) is 12.4 Å². The van der Waals surface area contributed by atoms with E-state index in [9.17, 15) is 9.90 Å². The van der Waals surface area contributed by atoms with E-state index >= 15 is 0 Å². The maximum atomic E-state index is 12.3. The van der Waals surface area contributed by atoms with Crippen LogP contribution in [0.4, 0.5) is 4.79 Å². The third kappa shape index (κ3) is 5.83. The van der Waals surface area contributed by atoms with E-state index in [1.165, 1.54) is 4.90 Å². The number of rotatable bonds is 9. The van der Waals surface area contributed by atoms with E-state index in [1.54, 1.807) is 0 Å². The van der Waals surface area contributed by atoms with Crippen LogP contribution in [0, 0.1) is 0 Å². The molecule has 1 heterocycles. The number of hydrogen-bond acceptors (Lipinski definition) is 4. The zero-order valence-corrected chi connectivity index (χ0v) is 21.1. The third-order valence-electron chi connectivity index (χ3n) is 6.70. The molecule has 1 saturated heterocycles. The van der Waals surface area contributed by atoms with E-state index in [4.69, 9.17) is 14.0 Å². The van der Waals surface area contributed by atoms with Crippen molar-refractivity contribution in [2.24, 2.45) is 0 Å². The van der Waals surface area contributed by atoms with Gasteiger partial charge in [-0.1, -0.05) is 48.0 Å². The Bertz CT molecular complexity index is 989. The van der Waals surface area contributed by atoms with Crippen LogP contribution in [0.25, 0.3) is 0 Å². The molecule has 1 aliphatic heterocycles. The van der Waals surface area contributed by atoms with Crippen LogP contribution < -0.4 is 10.2 Å². The second kappa shape index (κ2) is 9.84. The fourth-order valence-corrected chi connectivity index (χ4v) is 4.07. The molecule has 0 radical (unpaired) electrons. The van der Waals surface area contributed by atoms with Gasteiger partial charge < -0.3 is 19.2 Å². The number of carbonyl (C=O) groups is 1. The summed E-state index contributed by atoms with van der Waals surface area (Å²) in [6.07, 6.45) is -0.509. The largest absolute Gasteiger partial charge is 0.494 e. The molecule has 0 aromatic heterocycles. The summed E-state index contributed by atoms with van der Waals surface area (Å²) in [6.45, 7) is 16.4. The molecule has 182 valence electrons. The normalized spacial score (nSPS) is 18.2. The molecule has 0 bridgehead atoms. The molecule has 1 amide bonds. The van der Waals surface area contributed by atoms with E-state index < -0.39 is 30.0 Å². The summed E-state index contributed by atoms with van der Waals surface area (Å²) in [5.41, 5.74) is 1.11. The summed E-state index contributed by atoms with van der Waals surface area (Å²) >= 11 is 0. The van der Waals surface area contributed by atoms with E-state index in [0.29, 0.717) is 12.2 Å². The predicted octanol–water partition coefficient (Wildman–Crippen LogP) is 5.27. The van der Waals surface area contributed by atoms with Gasteiger partial charge in [0, 0.05) is 6.54 Å². The van der Waals surface area contributed by atoms with Gasteiger partial charge in [-0.3, -0.25) is 4.90 Å². The molecule has 0 aliphatic carbocycles. The first-order chi connectivity index (χ1) is 15.8. The summed E-state index contributed by atoms with van der Waals surface area (Å²) < 4.78 is 18.3. The second-order valence-corrected chi connectivity index (χ2v) is 10.4. The number of nitrogens with zero attached hydrogens (tertiary/aromatic N) is 1. The van der Waals surface area contributed by atoms with Gasteiger partial charge in [0.2, 0.25) is 0 Å². The second-order valence-electron chi connectivity index (χ2n) is 10.4. The Hall–Kier alpha value is -2.77. The highest BCUT2D eigenvalue weighted by Crippen LogP contribution is 2.36. The Balaban J connectivity index is 1.74. The van der Waals surface area contributed by atoms with E-state index in [0.717, 1.165) is 16.6 Å². The van der Waals surface area contributed by atoms with Crippen molar-refractivity contribution in [2.75, 3.05) is 6.61 Å². The van der Waals surface area contributed by atoms with Gasteiger partial charge >= 0.3 is 13.2 Å². The molecule has 6 nitrogen and oxygen atoms in total. The molecule has 0 saturated carbocycles. The van der Waals surface area contributed by atoms with Crippen molar-refractivity contribution in [2.45, 2.75) is 71.2 Å². The van der Waals surface area contributed by atoms with Gasteiger partial charge in [-0.05, 0) is 71.1 Å². The number of benzene rings is 2. The number of ether oxygens (including phenoxy) is 1. The van der Waals surface area contributed by atoms with Gasteiger partial charge in [-0.15, -0.1) is 6.58 Å². The predicted molar refractivity (Wildman–Crippen MR) is 135 cm³/mol. The first-order valence-corrected chi connectivity index (χ1v) is 11.6. The number of carboxylic acid groups (broad SMARTS) is 1. The quantitative estimate of drug-likeness (QED) is 0.404. The van der Waals surface area contributed by atoms with Crippen molar-refractivity contribution in [1.82, 2.24) is 4.90 Å². The maximum Gasteiger partial charge on any atom is 0.494 e. The lowest BCUT2D eigenvalue weighted by atomic mass is 9.79. The minimum atomic E-state index is -0.993. The summed E-state index contributed by atoms with van der Waals surface area (Å²) in [6, 6.07) is 17.1. The van der Waals surface area contributed by atoms with Crippen molar-refractivity contribution < 1.29 is 23.9 Å². The smallest absolute Gasteiger partial charge is 0.491 e. The van der Waals surface area contributed by atoms with Crippen molar-refractivity contribution in [3.8, 4) is 5.75 Å². The highest BCUT2D eigenvalue weighted by atomic mass is 16.7. The van der Waals surface area contributed by atoms with Gasteiger partial charge in [0.15, 0.2) is 0 Å². The van der Waals surface area contributed by atoms with Gasteiger partial charge in [-0.25, -0.2) is 4.79 Å². The molecular formula is C27H36BNO5. The van der Waals surface area contributed by atoms with Crippen LogP contribution in [0.1, 0.15) is 53.5 Å². The van der Waals surface area contributed by atoms with Gasteiger partial charge in [0.25, 0.3) is 0 Å².